The van der Waals surface area contributed by atoms with Gasteiger partial charge in [-0.25, -0.2) is 0 Å². The van der Waals surface area contributed by atoms with Gasteiger partial charge in [-0.15, -0.1) is 0 Å². The number of carbonyl (C=O) groups excluding carboxylic acids is 1. The van der Waals surface area contributed by atoms with Crippen LogP contribution in [0.5, 0.6) is 0 Å². The summed E-state index contributed by atoms with van der Waals surface area (Å²) in [5.74, 6) is 0.133. The maximum atomic E-state index is 12.8. The molecule has 0 amide bonds. The Morgan fingerprint density at radius 3 is 1.67 bits per heavy atom. The van der Waals surface area contributed by atoms with Crippen LogP contribution in [0.1, 0.15) is 13.7 Å². The number of ether oxygens (including phenoxy) is 2. The van der Waals surface area contributed by atoms with Crippen LogP contribution >= 0.6 is 0 Å². The van der Waals surface area contributed by atoms with E-state index in [1.165, 1.54) is 0 Å². The molecule has 9 heteroatoms. The van der Waals surface area contributed by atoms with Crippen molar-refractivity contribution in [3.8, 4) is 0 Å². The molecule has 0 radical (unpaired) electrons. The van der Waals surface area contributed by atoms with Gasteiger partial charge in [0, 0.05) is 0 Å². The molecule has 4 heterocycles. The van der Waals surface area contributed by atoms with Crippen molar-refractivity contribution in [1.82, 2.24) is 9.97 Å². The van der Waals surface area contributed by atoms with Crippen LogP contribution in [0.15, 0.2) is 12.4 Å². The summed E-state index contributed by atoms with van der Waals surface area (Å²) < 4.78 is 14.5. The number of hydrogen-bond donors (Lipinski definition) is 0. The van der Waals surface area contributed by atoms with E-state index >= 15 is 0 Å². The van der Waals surface area contributed by atoms with Gasteiger partial charge in [0.1, 0.15) is 0 Å². The zero-order valence-electron chi connectivity index (χ0n) is 13.1. The SMILES string of the molecule is O=C(c1cnc(N2CCOCC2)[se]1)c1cnc(N2CCOCC2)[se]1. The first-order valence-corrected chi connectivity index (χ1v) is 11.4. The fourth-order valence-electron chi connectivity index (χ4n) is 2.66. The van der Waals surface area contributed by atoms with Gasteiger partial charge in [0.25, 0.3) is 0 Å². The maximum absolute atomic E-state index is 12.8. The van der Waals surface area contributed by atoms with Gasteiger partial charge in [-0.1, -0.05) is 0 Å². The van der Waals surface area contributed by atoms with Crippen molar-refractivity contribution in [1.29, 1.82) is 0 Å². The van der Waals surface area contributed by atoms with Gasteiger partial charge >= 0.3 is 152 Å². The fourth-order valence-corrected chi connectivity index (χ4v) is 6.86. The molecule has 4 rings (SSSR count). The van der Waals surface area contributed by atoms with E-state index in [0.29, 0.717) is 0 Å². The Bertz CT molecular complexity index is 647. The van der Waals surface area contributed by atoms with Crippen molar-refractivity contribution in [2.75, 3.05) is 62.4 Å². The molecule has 0 unspecified atom stereocenters. The number of carbonyl (C=O) groups is 1. The Morgan fingerprint density at radius 1 is 0.833 bits per heavy atom. The third kappa shape index (κ3) is 3.52. The minimum absolute atomic E-state index is 0.00688. The Hall–Kier alpha value is -0.951. The van der Waals surface area contributed by atoms with Crippen LogP contribution in [-0.4, -0.2) is 97.4 Å². The van der Waals surface area contributed by atoms with Gasteiger partial charge < -0.3 is 0 Å². The quantitative estimate of drug-likeness (QED) is 0.450. The van der Waals surface area contributed by atoms with Crippen LogP contribution in [0.2, 0.25) is 0 Å². The summed E-state index contributed by atoms with van der Waals surface area (Å²) in [6.07, 6.45) is 3.52. The Morgan fingerprint density at radius 2 is 1.25 bits per heavy atom. The first-order chi connectivity index (χ1) is 11.8. The number of morpholine rings is 2. The van der Waals surface area contributed by atoms with E-state index in [4.69, 9.17) is 9.47 Å². The van der Waals surface area contributed by atoms with Crippen molar-refractivity contribution in [3.05, 3.63) is 21.3 Å². The normalized spacial score (nSPS) is 18.8. The van der Waals surface area contributed by atoms with Crippen LogP contribution in [0.4, 0.5) is 9.38 Å². The topological polar surface area (TPSA) is 67.8 Å². The van der Waals surface area contributed by atoms with Gasteiger partial charge in [-0.2, -0.15) is 0 Å². The average molecular weight is 460 g/mol. The summed E-state index contributed by atoms with van der Waals surface area (Å²) in [5, 5.41) is 0. The molecule has 7 nitrogen and oxygen atoms in total. The summed E-state index contributed by atoms with van der Waals surface area (Å²) in [7, 11) is 0. The van der Waals surface area contributed by atoms with E-state index in [2.05, 4.69) is 19.8 Å². The fraction of sp³-hybridized carbons (Fsp3) is 0.533. The van der Waals surface area contributed by atoms with E-state index < -0.39 is 0 Å². The second-order valence-electron chi connectivity index (χ2n) is 5.54. The summed E-state index contributed by atoms with van der Waals surface area (Å²) in [6.45, 7) is 6.43. The molecular formula is C15H18N4O3Se2. The van der Waals surface area contributed by atoms with Crippen molar-refractivity contribution in [2.45, 2.75) is 0 Å². The predicted octanol–water partition coefficient (Wildman–Crippen LogP) is -0.505. The van der Waals surface area contributed by atoms with Gasteiger partial charge in [-0.05, 0) is 0 Å². The number of aromatic nitrogens is 2. The number of ketones is 1. The zero-order valence-corrected chi connectivity index (χ0v) is 16.6. The second-order valence-corrected chi connectivity index (χ2v) is 9.78. The molecule has 2 aromatic heterocycles. The first kappa shape index (κ1) is 16.5. The molecule has 2 aromatic rings. The Balaban J connectivity index is 1.47. The van der Waals surface area contributed by atoms with Gasteiger partial charge in [0.15, 0.2) is 0 Å². The van der Waals surface area contributed by atoms with Gasteiger partial charge in [-0.3, -0.25) is 0 Å². The monoisotopic (exact) mass is 462 g/mol. The summed E-state index contributed by atoms with van der Waals surface area (Å²) >= 11 is -0.0138. The molecule has 2 saturated heterocycles. The number of hydrogen-bond acceptors (Lipinski definition) is 7. The van der Waals surface area contributed by atoms with Crippen molar-refractivity contribution >= 4 is 44.2 Å². The van der Waals surface area contributed by atoms with E-state index in [1.54, 1.807) is 12.4 Å². The average Bonchev–Trinajstić information content (AvgIpc) is 3.33. The van der Waals surface area contributed by atoms with Gasteiger partial charge in [0.2, 0.25) is 0 Å². The molecule has 0 aliphatic carbocycles. The predicted molar refractivity (Wildman–Crippen MR) is 91.9 cm³/mol. The number of rotatable bonds is 4. The molecule has 0 saturated carbocycles. The number of anilines is 2. The first-order valence-electron chi connectivity index (χ1n) is 7.93. The molecule has 0 aromatic carbocycles. The Labute approximate surface area is 152 Å². The van der Waals surface area contributed by atoms with E-state index in [0.717, 1.165) is 70.9 Å². The van der Waals surface area contributed by atoms with Crippen LogP contribution in [0, 0.1) is 0 Å². The molecule has 128 valence electrons. The molecule has 24 heavy (non-hydrogen) atoms. The van der Waals surface area contributed by atoms with Crippen LogP contribution < -0.4 is 9.80 Å². The van der Waals surface area contributed by atoms with Crippen LogP contribution in [0.25, 0.3) is 0 Å². The zero-order chi connectivity index (χ0) is 16.4. The van der Waals surface area contributed by atoms with Crippen LogP contribution in [-0.2, 0) is 9.47 Å². The van der Waals surface area contributed by atoms with Crippen molar-refractivity contribution in [3.63, 3.8) is 0 Å². The van der Waals surface area contributed by atoms with Crippen molar-refractivity contribution in [2.24, 2.45) is 0 Å². The molecule has 2 fully saturated rings. The molecule has 0 atom stereocenters. The molecule has 0 bridgehead atoms. The standard InChI is InChI=1S/C15H18N4O3Se2/c20-13(11-9-16-14(23-11)18-1-5-21-6-2-18)12-10-17-15(24-12)19-3-7-22-8-4-19/h9-10H,1-8H2. The van der Waals surface area contributed by atoms with Gasteiger partial charge in [0.05, 0.1) is 0 Å². The minimum atomic E-state index is -0.00688. The van der Waals surface area contributed by atoms with Crippen molar-refractivity contribution < 1.29 is 14.3 Å². The number of nitrogens with zero attached hydrogens (tertiary/aromatic N) is 4. The molecule has 2 aliphatic rings. The van der Waals surface area contributed by atoms with E-state index in [-0.39, 0.29) is 34.8 Å². The summed E-state index contributed by atoms with van der Waals surface area (Å²) in [5.41, 5.74) is 0. The second kappa shape index (κ2) is 7.52. The Kier molecular flexibility index (Phi) is 5.17. The molecular weight excluding hydrogens is 442 g/mol. The third-order valence-electron chi connectivity index (χ3n) is 4.00. The molecule has 2 aliphatic heterocycles. The van der Waals surface area contributed by atoms with E-state index in [1.807, 2.05) is 0 Å². The molecule has 0 N–H and O–H groups in total. The third-order valence-corrected chi connectivity index (χ3v) is 8.43. The summed E-state index contributed by atoms with van der Waals surface area (Å²) in [4.78, 5) is 26.2. The van der Waals surface area contributed by atoms with Crippen LogP contribution in [0.3, 0.4) is 0 Å². The van der Waals surface area contributed by atoms with E-state index in [9.17, 15) is 4.79 Å². The molecule has 0 spiro atoms. The summed E-state index contributed by atoms with van der Waals surface area (Å²) in [6, 6.07) is 0.